The molecule has 1 amide bonds. The van der Waals surface area contributed by atoms with Crippen molar-refractivity contribution in [3.63, 3.8) is 0 Å². The van der Waals surface area contributed by atoms with Crippen molar-refractivity contribution in [2.75, 3.05) is 27.2 Å². The number of hydrogen-bond donors (Lipinski definition) is 1. The van der Waals surface area contributed by atoms with Crippen LogP contribution in [0.2, 0.25) is 0 Å². The fraction of sp³-hybridized carbons (Fsp3) is 0.316. The fourth-order valence-electron chi connectivity index (χ4n) is 3.29. The van der Waals surface area contributed by atoms with Gasteiger partial charge in [-0.2, -0.15) is 0 Å². The molecule has 1 aromatic carbocycles. The van der Waals surface area contributed by atoms with E-state index in [1.54, 1.807) is 47.5 Å². The molecule has 0 aliphatic carbocycles. The molecule has 6 nitrogen and oxygen atoms in total. The van der Waals surface area contributed by atoms with Crippen LogP contribution in [0.3, 0.4) is 0 Å². The number of benzene rings is 1. The molecule has 25 heavy (non-hydrogen) atoms. The highest BCUT2D eigenvalue weighted by Crippen LogP contribution is 2.41. The van der Waals surface area contributed by atoms with Gasteiger partial charge in [-0.05, 0) is 37.9 Å². The normalized spacial score (nSPS) is 19.8. The third kappa shape index (κ3) is 3.25. The molecule has 130 valence electrons. The van der Waals surface area contributed by atoms with Crippen molar-refractivity contribution in [3.05, 3.63) is 65.5 Å². The lowest BCUT2D eigenvalue weighted by atomic mass is 9.81. The van der Waals surface area contributed by atoms with Gasteiger partial charge in [0, 0.05) is 24.8 Å². The predicted molar refractivity (Wildman–Crippen MR) is 93.4 cm³/mol. The number of rotatable bonds is 5. The maximum absolute atomic E-state index is 13.1. The van der Waals surface area contributed by atoms with Crippen LogP contribution in [0.4, 0.5) is 0 Å². The van der Waals surface area contributed by atoms with Gasteiger partial charge in [-0.25, -0.2) is 0 Å². The van der Waals surface area contributed by atoms with Gasteiger partial charge in [-0.3, -0.25) is 14.6 Å². The van der Waals surface area contributed by atoms with Gasteiger partial charge < -0.3 is 14.9 Å². The highest BCUT2D eigenvalue weighted by Gasteiger charge is 2.44. The third-order valence-corrected chi connectivity index (χ3v) is 4.48. The van der Waals surface area contributed by atoms with Crippen molar-refractivity contribution in [1.82, 2.24) is 14.8 Å². The van der Waals surface area contributed by atoms with Crippen molar-refractivity contribution in [2.24, 2.45) is 0 Å². The summed E-state index contributed by atoms with van der Waals surface area (Å²) in [6.07, 6.45) is 1.63. The van der Waals surface area contributed by atoms with E-state index >= 15 is 0 Å². The summed E-state index contributed by atoms with van der Waals surface area (Å²) in [5, 5.41) is 9.92. The van der Waals surface area contributed by atoms with Gasteiger partial charge in [-0.15, -0.1) is 0 Å². The number of carboxylic acids is 1. The maximum atomic E-state index is 13.1. The Kier molecular flexibility index (Phi) is 4.81. The lowest BCUT2D eigenvalue weighted by molar-refractivity contribution is -0.140. The summed E-state index contributed by atoms with van der Waals surface area (Å²) in [6.45, 7) is 1.08. The average Bonchev–Trinajstić information content (AvgIpc) is 2.61. The Morgan fingerprint density at radius 3 is 2.56 bits per heavy atom. The van der Waals surface area contributed by atoms with Crippen LogP contribution >= 0.6 is 0 Å². The second-order valence-corrected chi connectivity index (χ2v) is 6.40. The zero-order valence-electron chi connectivity index (χ0n) is 14.3. The van der Waals surface area contributed by atoms with Gasteiger partial charge in [0.2, 0.25) is 0 Å². The molecule has 6 heteroatoms. The van der Waals surface area contributed by atoms with E-state index in [0.717, 1.165) is 0 Å². The number of pyridine rings is 1. The van der Waals surface area contributed by atoms with E-state index in [-0.39, 0.29) is 5.91 Å². The Morgan fingerprint density at radius 1 is 1.20 bits per heavy atom. The van der Waals surface area contributed by atoms with E-state index in [1.165, 1.54) is 0 Å². The summed E-state index contributed by atoms with van der Waals surface area (Å²) < 4.78 is 0. The van der Waals surface area contributed by atoms with Crippen LogP contribution in [0.15, 0.2) is 48.7 Å². The van der Waals surface area contributed by atoms with Gasteiger partial charge in [0.1, 0.15) is 5.92 Å². The number of carbonyl (C=O) groups excluding carboxylic acids is 1. The molecule has 0 saturated carbocycles. The Bertz CT molecular complexity index is 776. The average molecular weight is 339 g/mol. The molecule has 1 aliphatic rings. The molecule has 2 unspecified atom stereocenters. The Labute approximate surface area is 146 Å². The SMILES string of the molecule is CN(C)CCN1C(=O)c2ccccc2C(C(=O)O)C1c1ccccn1. The second kappa shape index (κ2) is 7.03. The maximum Gasteiger partial charge on any atom is 0.313 e. The van der Waals surface area contributed by atoms with Crippen molar-refractivity contribution < 1.29 is 14.7 Å². The van der Waals surface area contributed by atoms with Crippen LogP contribution in [-0.4, -0.2) is 59.0 Å². The number of aliphatic carboxylic acids is 1. The monoisotopic (exact) mass is 339 g/mol. The first-order chi connectivity index (χ1) is 12.0. The van der Waals surface area contributed by atoms with Crippen LogP contribution in [-0.2, 0) is 4.79 Å². The van der Waals surface area contributed by atoms with Crippen molar-refractivity contribution in [3.8, 4) is 0 Å². The third-order valence-electron chi connectivity index (χ3n) is 4.48. The molecule has 1 aromatic heterocycles. The van der Waals surface area contributed by atoms with Gasteiger partial charge >= 0.3 is 5.97 Å². The van der Waals surface area contributed by atoms with Gasteiger partial charge in [0.25, 0.3) is 5.91 Å². The zero-order valence-corrected chi connectivity index (χ0v) is 14.3. The first-order valence-corrected chi connectivity index (χ1v) is 8.19. The summed E-state index contributed by atoms with van der Waals surface area (Å²) in [6, 6.07) is 11.7. The molecule has 0 spiro atoms. The number of amides is 1. The number of aromatic nitrogens is 1. The summed E-state index contributed by atoms with van der Waals surface area (Å²) >= 11 is 0. The minimum Gasteiger partial charge on any atom is -0.481 e. The van der Waals surface area contributed by atoms with Crippen molar-refractivity contribution in [1.29, 1.82) is 0 Å². The highest BCUT2D eigenvalue weighted by molar-refractivity contribution is 6.00. The second-order valence-electron chi connectivity index (χ2n) is 6.40. The topological polar surface area (TPSA) is 73.7 Å². The van der Waals surface area contributed by atoms with Crippen molar-refractivity contribution >= 4 is 11.9 Å². The zero-order chi connectivity index (χ0) is 18.0. The van der Waals surface area contributed by atoms with Crippen LogP contribution in [0.25, 0.3) is 0 Å². The molecule has 2 aromatic rings. The first-order valence-electron chi connectivity index (χ1n) is 8.19. The lowest BCUT2D eigenvalue weighted by Gasteiger charge is -2.40. The molecule has 2 heterocycles. The molecular formula is C19H21N3O3. The van der Waals surface area contributed by atoms with Gasteiger partial charge in [0.05, 0.1) is 11.7 Å². The quantitative estimate of drug-likeness (QED) is 0.902. The Balaban J connectivity index is 2.14. The number of nitrogens with zero attached hydrogens (tertiary/aromatic N) is 3. The van der Waals surface area contributed by atoms with Crippen LogP contribution in [0.1, 0.15) is 33.6 Å². The molecule has 0 radical (unpaired) electrons. The number of carboxylic acid groups (broad SMARTS) is 1. The van der Waals surface area contributed by atoms with Crippen LogP contribution < -0.4 is 0 Å². The van der Waals surface area contributed by atoms with E-state index in [1.807, 2.05) is 25.1 Å². The van der Waals surface area contributed by atoms with E-state index in [0.29, 0.717) is 29.9 Å². The summed E-state index contributed by atoms with van der Waals surface area (Å²) in [5.41, 5.74) is 1.61. The number of fused-ring (bicyclic) bond motifs is 1. The number of hydrogen-bond acceptors (Lipinski definition) is 4. The van der Waals surface area contributed by atoms with E-state index in [2.05, 4.69) is 4.98 Å². The van der Waals surface area contributed by atoms with Gasteiger partial charge in [-0.1, -0.05) is 24.3 Å². The minimum atomic E-state index is -0.953. The fourth-order valence-corrected chi connectivity index (χ4v) is 3.29. The van der Waals surface area contributed by atoms with E-state index in [9.17, 15) is 14.7 Å². The van der Waals surface area contributed by atoms with E-state index in [4.69, 9.17) is 0 Å². The van der Waals surface area contributed by atoms with E-state index < -0.39 is 17.9 Å². The molecule has 0 bridgehead atoms. The standard InChI is InChI=1S/C19H21N3O3/c1-21(2)11-12-22-17(15-9-5-6-10-20-15)16(19(24)25)13-7-3-4-8-14(13)18(22)23/h3-10,16-17H,11-12H2,1-2H3,(H,24,25). The molecule has 2 atom stereocenters. The molecule has 0 fully saturated rings. The number of likely N-dealkylation sites (N-methyl/N-ethyl adjacent to an activating group) is 1. The Morgan fingerprint density at radius 2 is 1.92 bits per heavy atom. The summed E-state index contributed by atoms with van der Waals surface area (Å²) in [4.78, 5) is 33.1. The summed E-state index contributed by atoms with van der Waals surface area (Å²) in [7, 11) is 3.85. The first kappa shape index (κ1) is 17.1. The molecule has 1 aliphatic heterocycles. The lowest BCUT2D eigenvalue weighted by Crippen LogP contribution is -2.47. The number of carbonyl (C=O) groups is 2. The Hall–Kier alpha value is -2.73. The molecule has 3 rings (SSSR count). The molecular weight excluding hydrogens is 318 g/mol. The van der Waals surface area contributed by atoms with Crippen molar-refractivity contribution in [2.45, 2.75) is 12.0 Å². The predicted octanol–water partition coefficient (Wildman–Crippen LogP) is 2.01. The highest BCUT2D eigenvalue weighted by atomic mass is 16.4. The largest absolute Gasteiger partial charge is 0.481 e. The van der Waals surface area contributed by atoms with Crippen LogP contribution in [0, 0.1) is 0 Å². The smallest absolute Gasteiger partial charge is 0.313 e. The van der Waals surface area contributed by atoms with Gasteiger partial charge in [0.15, 0.2) is 0 Å². The van der Waals surface area contributed by atoms with Crippen LogP contribution in [0.5, 0.6) is 0 Å². The minimum absolute atomic E-state index is 0.148. The summed E-state index contributed by atoms with van der Waals surface area (Å²) in [5.74, 6) is -1.94. The molecule has 1 N–H and O–H groups in total. The molecule has 0 saturated heterocycles.